The molecule has 1 N–H and O–H groups in total. The number of hydrogen-bond acceptors (Lipinski definition) is 6. The Bertz CT molecular complexity index is 1640. The summed E-state index contributed by atoms with van der Waals surface area (Å²) in [7, 11) is -3.89. The first-order chi connectivity index (χ1) is 15.7. The monoisotopic (exact) mass is 482 g/mol. The predicted octanol–water partition coefficient (Wildman–Crippen LogP) is 5.50. The molecule has 0 amide bonds. The van der Waals surface area contributed by atoms with Crippen molar-refractivity contribution in [3.8, 4) is 10.6 Å². The average Bonchev–Trinajstić information content (AvgIpc) is 3.37. The largest absolute Gasteiger partial charge is 0.456 e. The number of aldehydes is 1. The Morgan fingerprint density at radius 2 is 1.85 bits per heavy atom. The Kier molecular flexibility index (Phi) is 5.27. The minimum atomic E-state index is -3.89. The fraction of sp³-hybridized carbons (Fsp3) is 0.167. The summed E-state index contributed by atoms with van der Waals surface area (Å²) in [5.41, 5.74) is 2.67. The van der Waals surface area contributed by atoms with Gasteiger partial charge in [0.05, 0.1) is 21.2 Å². The third-order valence-corrected chi connectivity index (χ3v) is 8.03. The van der Waals surface area contributed by atoms with Crippen LogP contribution in [0.15, 0.2) is 63.9 Å². The summed E-state index contributed by atoms with van der Waals surface area (Å²) in [5.74, 6) is -0.480. The van der Waals surface area contributed by atoms with Crippen LogP contribution in [0, 0.1) is 11.7 Å². The molecule has 0 fully saturated rings. The summed E-state index contributed by atoms with van der Waals surface area (Å²) < 4.78 is 48.3. The van der Waals surface area contributed by atoms with Crippen molar-refractivity contribution in [2.75, 3.05) is 0 Å². The Morgan fingerprint density at radius 3 is 2.61 bits per heavy atom. The van der Waals surface area contributed by atoms with E-state index in [0.29, 0.717) is 22.8 Å². The van der Waals surface area contributed by atoms with Crippen LogP contribution in [0.5, 0.6) is 0 Å². The predicted molar refractivity (Wildman–Crippen MR) is 127 cm³/mol. The van der Waals surface area contributed by atoms with Crippen LogP contribution in [0.1, 0.15) is 13.8 Å². The molecular formula is C24H19FN2O4S2. The van der Waals surface area contributed by atoms with E-state index in [9.17, 15) is 17.6 Å². The molecule has 9 heteroatoms. The molecule has 1 atom stereocenters. The molecule has 6 nitrogen and oxygen atoms in total. The number of benzene rings is 3. The van der Waals surface area contributed by atoms with Gasteiger partial charge in [0, 0.05) is 16.3 Å². The maximum atomic E-state index is 13.5. The van der Waals surface area contributed by atoms with Crippen LogP contribution < -0.4 is 4.72 Å². The topological polar surface area (TPSA) is 89.3 Å². The van der Waals surface area contributed by atoms with Crippen LogP contribution in [-0.2, 0) is 14.8 Å². The zero-order valence-corrected chi connectivity index (χ0v) is 19.3. The Balaban J connectivity index is 1.56. The zero-order chi connectivity index (χ0) is 23.3. The first-order valence-electron chi connectivity index (χ1n) is 10.3. The van der Waals surface area contributed by atoms with E-state index in [1.165, 1.54) is 29.5 Å². The average molecular weight is 483 g/mol. The zero-order valence-electron chi connectivity index (χ0n) is 17.7. The van der Waals surface area contributed by atoms with Gasteiger partial charge in [-0.1, -0.05) is 19.9 Å². The number of thiazole rings is 1. The molecule has 0 unspecified atom stereocenters. The Labute approximate surface area is 193 Å². The van der Waals surface area contributed by atoms with Gasteiger partial charge in [-0.15, -0.1) is 11.3 Å². The first kappa shape index (κ1) is 21.7. The number of fused-ring (bicyclic) bond motifs is 4. The van der Waals surface area contributed by atoms with E-state index < -0.39 is 16.1 Å². The molecule has 33 heavy (non-hydrogen) atoms. The second-order valence-electron chi connectivity index (χ2n) is 8.13. The van der Waals surface area contributed by atoms with Crippen molar-refractivity contribution < 1.29 is 22.0 Å². The van der Waals surface area contributed by atoms with Gasteiger partial charge >= 0.3 is 0 Å². The second kappa shape index (κ2) is 8.02. The molecule has 0 aliphatic heterocycles. The van der Waals surface area contributed by atoms with Gasteiger partial charge in [0.1, 0.15) is 28.3 Å². The molecule has 3 aromatic carbocycles. The Hall–Kier alpha value is -3.14. The highest BCUT2D eigenvalue weighted by atomic mass is 32.2. The van der Waals surface area contributed by atoms with Crippen LogP contribution in [0.3, 0.4) is 0 Å². The normalized spacial score (nSPS) is 13.3. The minimum Gasteiger partial charge on any atom is -0.456 e. The summed E-state index contributed by atoms with van der Waals surface area (Å²) in [4.78, 5) is 15.9. The van der Waals surface area contributed by atoms with Gasteiger partial charge in [-0.3, -0.25) is 0 Å². The number of halogens is 1. The molecule has 5 rings (SSSR count). The van der Waals surface area contributed by atoms with Gasteiger partial charge in [-0.05, 0) is 54.4 Å². The van der Waals surface area contributed by atoms with Gasteiger partial charge in [0.2, 0.25) is 10.0 Å². The van der Waals surface area contributed by atoms with Crippen molar-refractivity contribution >= 4 is 59.8 Å². The molecular weight excluding hydrogens is 463 g/mol. The molecule has 0 aliphatic rings. The van der Waals surface area contributed by atoms with Crippen LogP contribution in [0.2, 0.25) is 0 Å². The quantitative estimate of drug-likeness (QED) is 0.323. The number of aromatic nitrogens is 1. The number of rotatable bonds is 6. The molecule has 2 heterocycles. The number of hydrogen-bond donors (Lipinski definition) is 1. The third-order valence-electron chi connectivity index (χ3n) is 5.51. The van der Waals surface area contributed by atoms with E-state index in [0.717, 1.165) is 26.2 Å². The number of furan rings is 1. The van der Waals surface area contributed by atoms with E-state index in [1.807, 2.05) is 18.2 Å². The third kappa shape index (κ3) is 3.92. The highest BCUT2D eigenvalue weighted by molar-refractivity contribution is 7.89. The number of nitrogens with zero attached hydrogens (tertiary/aromatic N) is 1. The van der Waals surface area contributed by atoms with Crippen molar-refractivity contribution in [1.82, 2.24) is 9.71 Å². The van der Waals surface area contributed by atoms with Crippen LogP contribution in [0.25, 0.3) is 42.7 Å². The highest BCUT2D eigenvalue weighted by Gasteiger charge is 2.23. The van der Waals surface area contributed by atoms with Gasteiger partial charge in [0.25, 0.3) is 0 Å². The van der Waals surface area contributed by atoms with E-state index in [2.05, 4.69) is 9.71 Å². The minimum absolute atomic E-state index is 0.0578. The van der Waals surface area contributed by atoms with Crippen LogP contribution in [0.4, 0.5) is 4.39 Å². The van der Waals surface area contributed by atoms with Crippen LogP contribution >= 0.6 is 11.3 Å². The van der Waals surface area contributed by atoms with Crippen molar-refractivity contribution in [2.24, 2.45) is 5.92 Å². The lowest BCUT2D eigenvalue weighted by molar-refractivity contribution is -0.110. The molecule has 168 valence electrons. The lowest BCUT2D eigenvalue weighted by atomic mass is 10.1. The van der Waals surface area contributed by atoms with Crippen molar-refractivity contribution in [1.29, 1.82) is 0 Å². The molecule has 0 saturated carbocycles. The maximum Gasteiger partial charge on any atom is 0.241 e. The fourth-order valence-corrected chi connectivity index (χ4v) is 5.98. The number of carbonyl (C=O) groups excluding carboxylic acids is 1. The SMILES string of the molecule is CC(C)[C@H](C=O)NS(=O)(=O)c1ccc2oc3cc(-c4nc5ccc(F)cc5s4)ccc3c2c1. The molecule has 0 radical (unpaired) electrons. The van der Waals surface area contributed by atoms with Gasteiger partial charge in [0.15, 0.2) is 0 Å². The summed E-state index contributed by atoms with van der Waals surface area (Å²) >= 11 is 1.39. The summed E-state index contributed by atoms with van der Waals surface area (Å²) in [6, 6.07) is 13.9. The fourth-order valence-electron chi connectivity index (χ4n) is 3.65. The lowest BCUT2D eigenvalue weighted by Gasteiger charge is -2.16. The van der Waals surface area contributed by atoms with Crippen LogP contribution in [-0.4, -0.2) is 25.7 Å². The van der Waals surface area contributed by atoms with Crippen molar-refractivity contribution in [3.05, 3.63) is 60.4 Å². The molecule has 5 aromatic rings. The van der Waals surface area contributed by atoms with Gasteiger partial charge in [-0.2, -0.15) is 0 Å². The molecule has 2 aromatic heterocycles. The smallest absolute Gasteiger partial charge is 0.241 e. The van der Waals surface area contributed by atoms with Gasteiger partial charge < -0.3 is 9.21 Å². The molecule has 0 aliphatic carbocycles. The highest BCUT2D eigenvalue weighted by Crippen LogP contribution is 2.36. The summed E-state index contributed by atoms with van der Waals surface area (Å²) in [5, 5.41) is 2.14. The number of carbonyl (C=O) groups is 1. The maximum absolute atomic E-state index is 13.5. The van der Waals surface area contributed by atoms with E-state index in [-0.39, 0.29) is 16.6 Å². The molecule has 0 saturated heterocycles. The summed E-state index contributed by atoms with van der Waals surface area (Å²) in [6.45, 7) is 3.54. The van der Waals surface area contributed by atoms with E-state index in [1.54, 1.807) is 32.0 Å². The second-order valence-corrected chi connectivity index (χ2v) is 10.9. The number of sulfonamides is 1. The Morgan fingerprint density at radius 1 is 1.03 bits per heavy atom. The van der Waals surface area contributed by atoms with Crippen molar-refractivity contribution in [3.63, 3.8) is 0 Å². The molecule has 0 spiro atoms. The molecule has 0 bridgehead atoms. The standard InChI is InChI=1S/C24H19FN2O4S2/c1-13(2)20(12-28)27-33(29,30)16-5-8-21-18(11-16)17-6-3-14(9-22(17)31-21)24-26-19-7-4-15(25)10-23(19)32-24/h3-13,20,27H,1-2H3/t20-/m0/s1. The van der Waals surface area contributed by atoms with Gasteiger partial charge in [-0.25, -0.2) is 22.5 Å². The van der Waals surface area contributed by atoms with Crippen molar-refractivity contribution in [2.45, 2.75) is 24.8 Å². The summed E-state index contributed by atoms with van der Waals surface area (Å²) in [6.07, 6.45) is 0.603. The first-order valence-corrected chi connectivity index (χ1v) is 12.6. The van der Waals surface area contributed by atoms with E-state index >= 15 is 0 Å². The van der Waals surface area contributed by atoms with E-state index in [4.69, 9.17) is 4.42 Å². The number of nitrogens with one attached hydrogen (secondary N) is 1. The lowest BCUT2D eigenvalue weighted by Crippen LogP contribution is -2.39.